The number of hydrogen-bond donors (Lipinski definition) is 11. The quantitative estimate of drug-likeness (QED) is 0.0133. The molecule has 0 aromatic carbocycles. The zero-order valence-corrected chi connectivity index (χ0v) is 34.3. The number of carboxylic acid groups (broad SMARTS) is 1. The maximum atomic E-state index is 11.6. The molecule has 0 aromatic heterocycles. The molecule has 0 aliphatic heterocycles. The third-order valence-corrected chi connectivity index (χ3v) is 13.7. The molecule has 1 amide bonds. The maximum Gasteiger partial charge on any atom is 0.340 e. The summed E-state index contributed by atoms with van der Waals surface area (Å²) in [5, 5.41) is 12.8. The third-order valence-electron chi connectivity index (χ3n) is 5.92. The summed E-state index contributed by atoms with van der Waals surface area (Å²) in [6.07, 6.45) is -2.55. The lowest BCUT2D eigenvalue weighted by molar-refractivity contribution is -0.137. The number of amides is 1. The summed E-state index contributed by atoms with van der Waals surface area (Å²) in [6.45, 7) is 6.11. The number of ether oxygens (including phenoxy) is 6. The molecule has 0 atom stereocenters. The van der Waals surface area contributed by atoms with Crippen LogP contribution in [0.3, 0.4) is 0 Å². The summed E-state index contributed by atoms with van der Waals surface area (Å²) in [5.41, 5.74) is 21.2. The van der Waals surface area contributed by atoms with Crippen molar-refractivity contribution in [2.75, 3.05) is 105 Å². The Hall–Kier alpha value is -2.12. The van der Waals surface area contributed by atoms with E-state index in [1.807, 2.05) is 0 Å². The summed E-state index contributed by atoms with van der Waals surface area (Å²) in [5.74, 6) is -1.98. The number of rotatable bonds is 33. The number of carbonyl (C=O) groups is 2. The lowest BCUT2D eigenvalue weighted by Crippen LogP contribution is -2.28. The van der Waals surface area contributed by atoms with Crippen molar-refractivity contribution in [1.82, 2.24) is 5.32 Å². The van der Waals surface area contributed by atoms with E-state index in [1.54, 1.807) is 0 Å². The second kappa shape index (κ2) is 35.8. The molecule has 0 rings (SSSR count). The van der Waals surface area contributed by atoms with Gasteiger partial charge < -0.3 is 83.7 Å². The SMILES string of the molecule is O=C(O)CCC(P(=O)(O)O)P(=O)(O)O.[N-]=[N+]=NCCOCCOCCOCCN.[N-]=[N+]=NCCOCCOCCOCCNC(=O)CCC(P(=O)(O)O)P(=O)(O)O. The number of hydrogen-bond acceptors (Lipinski definition) is 15. The normalized spacial score (nSPS) is 11.8. The molecule has 0 aromatic rings. The minimum Gasteiger partial charge on any atom is -0.481 e. The van der Waals surface area contributed by atoms with Crippen LogP contribution in [0, 0.1) is 0 Å². The van der Waals surface area contributed by atoms with E-state index < -0.39 is 78.7 Å². The average molecular weight is 915 g/mol. The molecule has 57 heavy (non-hydrogen) atoms. The first-order valence-corrected chi connectivity index (χ1v) is 23.2. The second-order valence-electron chi connectivity index (χ2n) is 10.5. The fraction of sp³-hybridized carbons (Fsp3) is 0.917. The van der Waals surface area contributed by atoms with E-state index in [9.17, 15) is 27.8 Å². The Balaban J connectivity index is -0.000000846. The van der Waals surface area contributed by atoms with Gasteiger partial charge in [0.15, 0.2) is 10.8 Å². The fourth-order valence-corrected chi connectivity index (χ4v) is 8.39. The number of carbonyl (C=O) groups excluding carboxylic acids is 1. The topological polar surface area (TPSA) is 475 Å². The molecular weight excluding hydrogens is 860 g/mol. The lowest BCUT2D eigenvalue weighted by Gasteiger charge is -2.19. The van der Waals surface area contributed by atoms with Gasteiger partial charge in [-0.05, 0) is 23.9 Å². The number of nitrogens with zero attached hydrogens (tertiary/aromatic N) is 6. The van der Waals surface area contributed by atoms with Crippen LogP contribution in [0.2, 0.25) is 0 Å². The van der Waals surface area contributed by atoms with E-state index in [4.69, 9.17) is 89.5 Å². The van der Waals surface area contributed by atoms with Crippen molar-refractivity contribution in [1.29, 1.82) is 0 Å². The standard InChI is InChI=1S/C12H26N4O10P2.C8H18N4O3.C4H10O8P2/c13-16-15-4-6-25-8-10-26-9-7-24-5-3-14-11(17)1-2-12(27(18,19)20)28(21,22)23;9-1-3-13-5-7-15-8-6-14-4-2-11-12-10;5-3(6)1-2-4(13(7,8)9)14(10,11)12/h12H,1-10H2,(H,14,17)(H2,18,19,20)(H2,21,22,23);1-9H2;4H,1-2H2,(H,5,6)(H2,7,8,9)(H2,10,11,12). The van der Waals surface area contributed by atoms with Crippen molar-refractivity contribution in [3.8, 4) is 0 Å². The molecule has 336 valence electrons. The van der Waals surface area contributed by atoms with Crippen LogP contribution in [0.4, 0.5) is 0 Å². The van der Waals surface area contributed by atoms with E-state index in [-0.39, 0.29) is 26.3 Å². The van der Waals surface area contributed by atoms with E-state index >= 15 is 0 Å². The minimum absolute atomic E-state index is 0.123. The Morgan fingerprint density at radius 3 is 1.19 bits per heavy atom. The zero-order chi connectivity index (χ0) is 44.2. The highest BCUT2D eigenvalue weighted by Gasteiger charge is 2.44. The van der Waals surface area contributed by atoms with E-state index in [1.165, 1.54) is 0 Å². The van der Waals surface area contributed by atoms with Crippen LogP contribution in [0.5, 0.6) is 0 Å². The highest BCUT2D eigenvalue weighted by atomic mass is 31.2. The molecule has 0 radical (unpaired) electrons. The Morgan fingerprint density at radius 1 is 0.561 bits per heavy atom. The van der Waals surface area contributed by atoms with Crippen molar-refractivity contribution in [2.45, 2.75) is 36.5 Å². The van der Waals surface area contributed by atoms with Crippen LogP contribution < -0.4 is 11.1 Å². The first-order valence-electron chi connectivity index (χ1n) is 16.4. The number of nitrogens with one attached hydrogen (secondary N) is 1. The number of azide groups is 2. The van der Waals surface area contributed by atoms with Gasteiger partial charge in [-0.1, -0.05) is 10.2 Å². The predicted molar refractivity (Wildman–Crippen MR) is 197 cm³/mol. The maximum absolute atomic E-state index is 11.6. The molecule has 0 aliphatic rings. The molecule has 0 spiro atoms. The summed E-state index contributed by atoms with van der Waals surface area (Å²) in [7, 11) is -20.0. The van der Waals surface area contributed by atoms with Crippen molar-refractivity contribution in [2.24, 2.45) is 16.0 Å². The van der Waals surface area contributed by atoms with Crippen LogP contribution in [0.15, 0.2) is 10.2 Å². The Labute approximate surface area is 326 Å². The monoisotopic (exact) mass is 914 g/mol. The Kier molecular flexibility index (Phi) is 37.2. The van der Waals surface area contributed by atoms with Crippen molar-refractivity contribution < 1.29 is 101 Å². The average Bonchev–Trinajstić information content (AvgIpc) is 3.07. The van der Waals surface area contributed by atoms with Gasteiger partial charge in [0.25, 0.3) is 0 Å². The summed E-state index contributed by atoms with van der Waals surface area (Å²) >= 11 is 0. The smallest absolute Gasteiger partial charge is 0.340 e. The minimum atomic E-state index is -5.02. The van der Waals surface area contributed by atoms with Gasteiger partial charge in [0.2, 0.25) is 5.91 Å². The summed E-state index contributed by atoms with van der Waals surface area (Å²) in [4.78, 5) is 96.8. The molecule has 33 heteroatoms. The number of carboxylic acids is 1. The Bertz CT molecular complexity index is 1320. The van der Waals surface area contributed by atoms with Gasteiger partial charge in [0, 0.05) is 48.8 Å². The van der Waals surface area contributed by atoms with Crippen molar-refractivity contribution in [3.05, 3.63) is 20.9 Å². The van der Waals surface area contributed by atoms with Gasteiger partial charge in [-0.15, -0.1) is 0 Å². The highest BCUT2D eigenvalue weighted by Crippen LogP contribution is 2.62. The van der Waals surface area contributed by atoms with Crippen molar-refractivity contribution in [3.63, 3.8) is 0 Å². The first-order chi connectivity index (χ1) is 26.5. The van der Waals surface area contributed by atoms with E-state index in [0.29, 0.717) is 79.2 Å². The third kappa shape index (κ3) is 41.8. The van der Waals surface area contributed by atoms with E-state index in [0.717, 1.165) is 0 Å². The first kappa shape index (κ1) is 59.2. The van der Waals surface area contributed by atoms with Crippen LogP contribution in [-0.2, 0) is 56.3 Å². The summed E-state index contributed by atoms with van der Waals surface area (Å²) < 4.78 is 74.3. The van der Waals surface area contributed by atoms with Crippen LogP contribution >= 0.6 is 30.4 Å². The summed E-state index contributed by atoms with van der Waals surface area (Å²) in [6, 6.07) is 0. The molecule has 0 saturated heterocycles. The van der Waals surface area contributed by atoms with Crippen molar-refractivity contribution >= 4 is 42.3 Å². The molecule has 0 unspecified atom stereocenters. The largest absolute Gasteiger partial charge is 0.481 e. The van der Waals surface area contributed by atoms with Crippen LogP contribution in [0.1, 0.15) is 25.7 Å². The molecule has 29 nitrogen and oxygen atoms in total. The van der Waals surface area contributed by atoms with E-state index in [2.05, 4.69) is 25.4 Å². The van der Waals surface area contributed by atoms with Gasteiger partial charge in [-0.3, -0.25) is 27.8 Å². The van der Waals surface area contributed by atoms with Gasteiger partial charge in [0.05, 0.1) is 79.3 Å². The number of nitrogens with two attached hydrogens (primary N) is 1. The van der Waals surface area contributed by atoms with Gasteiger partial charge in [-0.2, -0.15) is 0 Å². The molecule has 0 aliphatic carbocycles. The van der Waals surface area contributed by atoms with Crippen LogP contribution in [-0.4, -0.2) is 172 Å². The second-order valence-corrected chi connectivity index (χ2v) is 18.5. The molecule has 0 heterocycles. The highest BCUT2D eigenvalue weighted by molar-refractivity contribution is 7.71. The zero-order valence-electron chi connectivity index (χ0n) is 30.8. The molecule has 0 saturated carbocycles. The predicted octanol–water partition coefficient (Wildman–Crippen LogP) is -0.238. The Morgan fingerprint density at radius 2 is 0.877 bits per heavy atom. The van der Waals surface area contributed by atoms with Crippen LogP contribution in [0.25, 0.3) is 20.9 Å². The molecular formula is C24H54N8O21P4. The molecule has 0 fully saturated rings. The fourth-order valence-electron chi connectivity index (χ4n) is 3.40. The lowest BCUT2D eigenvalue weighted by atomic mass is 10.3. The van der Waals surface area contributed by atoms with Gasteiger partial charge >= 0.3 is 36.4 Å². The molecule has 0 bridgehead atoms. The number of aliphatic carboxylic acids is 1. The van der Waals surface area contributed by atoms with Gasteiger partial charge in [-0.25, -0.2) is 0 Å². The van der Waals surface area contributed by atoms with Gasteiger partial charge in [0.1, 0.15) is 0 Å². The molecule has 12 N–H and O–H groups in total.